The van der Waals surface area contributed by atoms with Crippen LogP contribution in [-0.4, -0.2) is 31.3 Å². The van der Waals surface area contributed by atoms with Gasteiger partial charge in [-0.3, -0.25) is 0 Å². The first-order valence-electron chi connectivity index (χ1n) is 5.43. The molecule has 0 spiro atoms. The molecule has 0 aliphatic carbocycles. The Balaban J connectivity index is 3.06. The molecule has 0 amide bonds. The van der Waals surface area contributed by atoms with Crippen LogP contribution in [0.25, 0.3) is 6.08 Å². The first-order valence-corrected chi connectivity index (χ1v) is 5.43. The van der Waals surface area contributed by atoms with Crippen molar-refractivity contribution in [2.45, 2.75) is 0 Å². The summed E-state index contributed by atoms with van der Waals surface area (Å²) in [6.45, 7) is 0. The van der Waals surface area contributed by atoms with E-state index in [1.807, 2.05) is 18.2 Å². The van der Waals surface area contributed by atoms with Crippen molar-refractivity contribution in [3.63, 3.8) is 0 Å². The van der Waals surface area contributed by atoms with Gasteiger partial charge < -0.3 is 14.6 Å². The molecule has 0 saturated carbocycles. The van der Waals surface area contributed by atoms with Crippen LogP contribution in [0, 0.1) is 0 Å². The molecule has 5 nitrogen and oxygen atoms in total. The van der Waals surface area contributed by atoms with E-state index in [4.69, 9.17) is 0 Å². The van der Waals surface area contributed by atoms with E-state index < -0.39 is 23.3 Å². The number of hydrogen-bond acceptors (Lipinski definition) is 5. The second-order valence-corrected chi connectivity index (χ2v) is 3.49. The maximum atomic E-state index is 11.4. The van der Waals surface area contributed by atoms with E-state index in [0.717, 1.165) is 19.8 Å². The standard InChI is InChI=1S/C14H14O5/c1-18-13(16)12(14(17)19-2)11(15)9-8-10-6-4-3-5-7-10/h3-9,15H,1-2H3/b9-8+. The molecule has 19 heavy (non-hydrogen) atoms. The van der Waals surface area contributed by atoms with Gasteiger partial charge in [-0.15, -0.1) is 0 Å². The van der Waals surface area contributed by atoms with Crippen LogP contribution in [0.5, 0.6) is 0 Å². The van der Waals surface area contributed by atoms with E-state index in [0.29, 0.717) is 0 Å². The largest absolute Gasteiger partial charge is 0.507 e. The highest BCUT2D eigenvalue weighted by atomic mass is 16.5. The number of carbonyl (C=O) groups excluding carboxylic acids is 2. The third-order valence-electron chi connectivity index (χ3n) is 2.27. The fraction of sp³-hybridized carbons (Fsp3) is 0.143. The normalized spacial score (nSPS) is 10.0. The summed E-state index contributed by atoms with van der Waals surface area (Å²) in [6, 6.07) is 9.10. The highest BCUT2D eigenvalue weighted by Crippen LogP contribution is 2.10. The average molecular weight is 262 g/mol. The molecule has 1 aromatic carbocycles. The number of hydrogen-bond donors (Lipinski definition) is 1. The van der Waals surface area contributed by atoms with Gasteiger partial charge in [0.1, 0.15) is 5.76 Å². The van der Waals surface area contributed by atoms with Gasteiger partial charge in [0, 0.05) is 0 Å². The minimum atomic E-state index is -0.956. The lowest BCUT2D eigenvalue weighted by atomic mass is 10.1. The zero-order chi connectivity index (χ0) is 14.3. The van der Waals surface area contributed by atoms with Crippen molar-refractivity contribution < 1.29 is 24.2 Å². The van der Waals surface area contributed by atoms with E-state index in [2.05, 4.69) is 9.47 Å². The predicted octanol–water partition coefficient (Wildman–Crippen LogP) is 1.86. The predicted molar refractivity (Wildman–Crippen MR) is 69.2 cm³/mol. The van der Waals surface area contributed by atoms with E-state index in [1.54, 1.807) is 18.2 Å². The third kappa shape index (κ3) is 3.99. The van der Waals surface area contributed by atoms with Crippen molar-refractivity contribution in [2.24, 2.45) is 0 Å². The Labute approximate surface area is 110 Å². The van der Waals surface area contributed by atoms with Crippen LogP contribution in [0.4, 0.5) is 0 Å². The highest BCUT2D eigenvalue weighted by Gasteiger charge is 2.23. The van der Waals surface area contributed by atoms with E-state index in [1.165, 1.54) is 6.08 Å². The van der Waals surface area contributed by atoms with Crippen molar-refractivity contribution in [1.82, 2.24) is 0 Å². The molecule has 0 saturated heterocycles. The van der Waals surface area contributed by atoms with Crippen LogP contribution >= 0.6 is 0 Å². The molecule has 0 aromatic heterocycles. The molecule has 1 rings (SSSR count). The Hall–Kier alpha value is -2.56. The van der Waals surface area contributed by atoms with Gasteiger partial charge in [0.25, 0.3) is 0 Å². The summed E-state index contributed by atoms with van der Waals surface area (Å²) >= 11 is 0. The van der Waals surface area contributed by atoms with Gasteiger partial charge >= 0.3 is 11.9 Å². The lowest BCUT2D eigenvalue weighted by molar-refractivity contribution is -0.144. The number of rotatable bonds is 4. The summed E-state index contributed by atoms with van der Waals surface area (Å²) in [6.07, 6.45) is 2.79. The minimum Gasteiger partial charge on any atom is -0.507 e. The van der Waals surface area contributed by atoms with Gasteiger partial charge in [-0.05, 0) is 11.6 Å². The molecular formula is C14H14O5. The van der Waals surface area contributed by atoms with Gasteiger partial charge in [-0.25, -0.2) is 9.59 Å². The molecule has 0 heterocycles. The van der Waals surface area contributed by atoms with Crippen LogP contribution in [0.3, 0.4) is 0 Å². The van der Waals surface area contributed by atoms with Gasteiger partial charge in [0.2, 0.25) is 0 Å². The maximum absolute atomic E-state index is 11.4. The summed E-state index contributed by atoms with van der Waals surface area (Å²) in [7, 11) is 2.22. The van der Waals surface area contributed by atoms with Crippen LogP contribution in [-0.2, 0) is 19.1 Å². The lowest BCUT2D eigenvalue weighted by Crippen LogP contribution is -2.17. The van der Waals surface area contributed by atoms with Crippen LogP contribution < -0.4 is 0 Å². The monoisotopic (exact) mass is 262 g/mol. The number of carbonyl (C=O) groups is 2. The maximum Gasteiger partial charge on any atom is 0.349 e. The summed E-state index contributed by atoms with van der Waals surface area (Å²) < 4.78 is 8.83. The fourth-order valence-electron chi connectivity index (χ4n) is 1.32. The van der Waals surface area contributed by atoms with Crippen LogP contribution in [0.15, 0.2) is 47.7 Å². The smallest absolute Gasteiger partial charge is 0.349 e. The van der Waals surface area contributed by atoms with Gasteiger partial charge in [0.15, 0.2) is 5.57 Å². The van der Waals surface area contributed by atoms with E-state index in [9.17, 15) is 14.7 Å². The van der Waals surface area contributed by atoms with Crippen LogP contribution in [0.1, 0.15) is 5.56 Å². The highest BCUT2D eigenvalue weighted by molar-refractivity contribution is 6.14. The molecular weight excluding hydrogens is 248 g/mol. The van der Waals surface area contributed by atoms with Gasteiger partial charge in [-0.1, -0.05) is 36.4 Å². The van der Waals surface area contributed by atoms with Crippen molar-refractivity contribution in [2.75, 3.05) is 14.2 Å². The molecule has 0 atom stereocenters. The third-order valence-corrected chi connectivity index (χ3v) is 2.27. The zero-order valence-electron chi connectivity index (χ0n) is 10.6. The number of esters is 2. The zero-order valence-corrected chi connectivity index (χ0v) is 10.6. The SMILES string of the molecule is COC(=O)C(C(=O)OC)=C(O)/C=C/c1ccccc1. The van der Waals surface area contributed by atoms with Crippen molar-refractivity contribution in [3.8, 4) is 0 Å². The minimum absolute atomic E-state index is 0.512. The number of methoxy groups -OCH3 is 2. The summed E-state index contributed by atoms with van der Waals surface area (Å²) in [5.74, 6) is -2.42. The molecule has 100 valence electrons. The first-order chi connectivity index (χ1) is 9.10. The number of benzene rings is 1. The van der Waals surface area contributed by atoms with Gasteiger partial charge in [-0.2, -0.15) is 0 Å². The lowest BCUT2D eigenvalue weighted by Gasteiger charge is -2.04. The average Bonchev–Trinajstić information content (AvgIpc) is 2.45. The molecule has 5 heteroatoms. The second kappa shape index (κ2) is 7.00. The Morgan fingerprint density at radius 1 is 1.05 bits per heavy atom. The Kier molecular flexibility index (Phi) is 5.35. The Morgan fingerprint density at radius 2 is 1.58 bits per heavy atom. The number of aliphatic hydroxyl groups is 1. The molecule has 1 N–H and O–H groups in total. The van der Waals surface area contributed by atoms with Crippen molar-refractivity contribution in [1.29, 1.82) is 0 Å². The first kappa shape index (κ1) is 14.5. The number of allylic oxidation sites excluding steroid dienone is 1. The van der Waals surface area contributed by atoms with Crippen molar-refractivity contribution >= 4 is 18.0 Å². The number of ether oxygens (including phenoxy) is 2. The van der Waals surface area contributed by atoms with Gasteiger partial charge in [0.05, 0.1) is 14.2 Å². The second-order valence-electron chi connectivity index (χ2n) is 3.49. The molecule has 0 aliphatic heterocycles. The Bertz CT molecular complexity index is 496. The summed E-state index contributed by atoms with van der Waals surface area (Å²) in [4.78, 5) is 22.8. The van der Waals surface area contributed by atoms with Crippen molar-refractivity contribution in [3.05, 3.63) is 53.3 Å². The fourth-order valence-corrected chi connectivity index (χ4v) is 1.32. The topological polar surface area (TPSA) is 72.8 Å². The quantitative estimate of drug-likeness (QED) is 0.224. The number of aliphatic hydroxyl groups excluding tert-OH is 1. The molecule has 1 aromatic rings. The summed E-state index contributed by atoms with van der Waals surface area (Å²) in [5.41, 5.74) is 0.264. The van der Waals surface area contributed by atoms with E-state index >= 15 is 0 Å². The molecule has 0 unspecified atom stereocenters. The summed E-state index contributed by atoms with van der Waals surface area (Å²) in [5, 5.41) is 9.76. The van der Waals surface area contributed by atoms with Crippen LogP contribution in [0.2, 0.25) is 0 Å². The molecule has 0 aliphatic rings. The molecule has 0 radical (unpaired) electrons. The van der Waals surface area contributed by atoms with E-state index in [-0.39, 0.29) is 0 Å². The molecule has 0 bridgehead atoms. The molecule has 0 fully saturated rings. The Morgan fingerprint density at radius 3 is 2.05 bits per heavy atom.